The van der Waals surface area contributed by atoms with E-state index < -0.39 is 0 Å². The summed E-state index contributed by atoms with van der Waals surface area (Å²) in [6.07, 6.45) is 2.98. The number of piperidine rings is 1. The van der Waals surface area contributed by atoms with Crippen molar-refractivity contribution in [1.29, 1.82) is 0 Å². The summed E-state index contributed by atoms with van der Waals surface area (Å²) in [6, 6.07) is -0.0550. The number of hydrogen-bond acceptors (Lipinski definition) is 7. The number of aromatic amines is 1. The highest BCUT2D eigenvalue weighted by Crippen LogP contribution is 2.22. The van der Waals surface area contributed by atoms with E-state index in [1.807, 2.05) is 5.38 Å². The van der Waals surface area contributed by atoms with Gasteiger partial charge in [-0.25, -0.2) is 19.7 Å². The van der Waals surface area contributed by atoms with Gasteiger partial charge in [-0.1, -0.05) is 0 Å². The summed E-state index contributed by atoms with van der Waals surface area (Å²) in [5.74, 6) is 0. The summed E-state index contributed by atoms with van der Waals surface area (Å²) in [7, 11) is 0. The van der Waals surface area contributed by atoms with E-state index in [-0.39, 0.29) is 17.8 Å². The van der Waals surface area contributed by atoms with E-state index in [4.69, 9.17) is 4.74 Å². The Bertz CT molecular complexity index is 818. The average Bonchev–Trinajstić information content (AvgIpc) is 3.31. The van der Waals surface area contributed by atoms with Crippen LogP contribution < -0.4 is 11.0 Å². The fourth-order valence-corrected chi connectivity index (χ4v) is 4.15. The fourth-order valence-electron chi connectivity index (χ4n) is 3.46. The molecule has 0 saturated carbocycles. The number of H-pyrrole nitrogens is 1. The summed E-state index contributed by atoms with van der Waals surface area (Å²) in [5, 5.41) is 11.7. The number of carbonyl (C=O) groups excluding carboxylic acids is 1. The van der Waals surface area contributed by atoms with Crippen molar-refractivity contribution in [3.63, 3.8) is 0 Å². The molecule has 4 rings (SSSR count). The number of urea groups is 1. The second-order valence-electron chi connectivity index (χ2n) is 6.75. The summed E-state index contributed by atoms with van der Waals surface area (Å²) in [4.78, 5) is 32.7. The molecule has 0 bridgehead atoms. The van der Waals surface area contributed by atoms with Crippen LogP contribution >= 0.6 is 11.3 Å². The van der Waals surface area contributed by atoms with Gasteiger partial charge in [0, 0.05) is 44.1 Å². The molecule has 0 aliphatic carbocycles. The number of likely N-dealkylation sites (tertiary alicyclic amines) is 1. The number of morpholine rings is 1. The highest BCUT2D eigenvalue weighted by Gasteiger charge is 2.25. The molecule has 0 unspecified atom stereocenters. The Labute approximate surface area is 160 Å². The number of nitrogens with one attached hydrogen (secondary N) is 2. The minimum atomic E-state index is -0.200. The predicted molar refractivity (Wildman–Crippen MR) is 99.9 cm³/mol. The molecule has 2 amide bonds. The smallest absolute Gasteiger partial charge is 0.343 e. The third-order valence-electron chi connectivity index (χ3n) is 4.98. The normalized spacial score (nSPS) is 19.3. The predicted octanol–water partition coefficient (Wildman–Crippen LogP) is 0.729. The number of anilines is 1. The molecule has 2 aromatic rings. The van der Waals surface area contributed by atoms with Crippen LogP contribution in [0.1, 0.15) is 24.6 Å². The van der Waals surface area contributed by atoms with Gasteiger partial charge >= 0.3 is 11.7 Å². The Balaban J connectivity index is 1.27. The molecule has 0 radical (unpaired) electrons. The van der Waals surface area contributed by atoms with Crippen LogP contribution in [0.2, 0.25) is 0 Å². The van der Waals surface area contributed by atoms with E-state index in [9.17, 15) is 9.59 Å². The number of hydrogen-bond donors (Lipinski definition) is 2. The molecule has 146 valence electrons. The Morgan fingerprint density at radius 2 is 2.07 bits per heavy atom. The van der Waals surface area contributed by atoms with Crippen LogP contribution in [0, 0.1) is 0 Å². The maximum atomic E-state index is 12.5. The SMILES string of the molecule is O=C(Nc1nc(CN2CCOCC2)cs1)N1CCC(n2cn[nH]c2=O)CC1. The Morgan fingerprint density at radius 1 is 1.30 bits per heavy atom. The molecule has 2 aliphatic rings. The minimum absolute atomic E-state index is 0.0836. The first kappa shape index (κ1) is 18.1. The van der Waals surface area contributed by atoms with Gasteiger partial charge in [-0.05, 0) is 12.8 Å². The molecule has 2 N–H and O–H groups in total. The Hall–Kier alpha value is -2.24. The number of amides is 2. The molecule has 27 heavy (non-hydrogen) atoms. The van der Waals surface area contributed by atoms with E-state index in [1.54, 1.807) is 9.47 Å². The Morgan fingerprint density at radius 3 is 2.78 bits per heavy atom. The van der Waals surface area contributed by atoms with Crippen molar-refractivity contribution >= 4 is 22.5 Å². The van der Waals surface area contributed by atoms with Crippen LogP contribution in [0.5, 0.6) is 0 Å². The first-order valence-electron chi connectivity index (χ1n) is 9.11. The van der Waals surface area contributed by atoms with Crippen LogP contribution in [-0.2, 0) is 11.3 Å². The van der Waals surface area contributed by atoms with Crippen LogP contribution in [0.4, 0.5) is 9.93 Å². The van der Waals surface area contributed by atoms with Gasteiger partial charge < -0.3 is 9.64 Å². The molecular formula is C16H23N7O3S. The minimum Gasteiger partial charge on any atom is -0.379 e. The van der Waals surface area contributed by atoms with Gasteiger partial charge in [-0.3, -0.25) is 14.8 Å². The van der Waals surface area contributed by atoms with E-state index in [1.165, 1.54) is 17.7 Å². The van der Waals surface area contributed by atoms with Gasteiger partial charge in [0.05, 0.1) is 18.9 Å². The van der Waals surface area contributed by atoms with Crippen molar-refractivity contribution in [2.45, 2.75) is 25.4 Å². The first-order valence-corrected chi connectivity index (χ1v) is 9.99. The third-order valence-corrected chi connectivity index (χ3v) is 5.78. The lowest BCUT2D eigenvalue weighted by molar-refractivity contribution is 0.0337. The molecule has 2 aromatic heterocycles. The summed E-state index contributed by atoms with van der Waals surface area (Å²) >= 11 is 1.45. The largest absolute Gasteiger partial charge is 0.379 e. The third kappa shape index (κ3) is 4.37. The van der Waals surface area contributed by atoms with Crippen LogP contribution in [0.25, 0.3) is 0 Å². The zero-order chi connectivity index (χ0) is 18.6. The highest BCUT2D eigenvalue weighted by molar-refractivity contribution is 7.13. The lowest BCUT2D eigenvalue weighted by atomic mass is 10.1. The fraction of sp³-hybridized carbons (Fsp3) is 0.625. The quantitative estimate of drug-likeness (QED) is 0.793. The van der Waals surface area contributed by atoms with E-state index in [0.29, 0.717) is 18.2 Å². The van der Waals surface area contributed by atoms with E-state index >= 15 is 0 Å². The molecule has 2 saturated heterocycles. The number of carbonyl (C=O) groups is 1. The lowest BCUT2D eigenvalue weighted by Crippen LogP contribution is -2.42. The monoisotopic (exact) mass is 393 g/mol. The maximum absolute atomic E-state index is 12.5. The van der Waals surface area contributed by atoms with Crippen molar-refractivity contribution in [2.24, 2.45) is 0 Å². The zero-order valence-corrected chi connectivity index (χ0v) is 15.8. The van der Waals surface area contributed by atoms with Crippen molar-refractivity contribution < 1.29 is 9.53 Å². The number of nitrogens with zero attached hydrogens (tertiary/aromatic N) is 5. The summed E-state index contributed by atoms with van der Waals surface area (Å²) in [6.45, 7) is 5.31. The molecule has 10 nitrogen and oxygen atoms in total. The van der Waals surface area contributed by atoms with Crippen molar-refractivity contribution in [2.75, 3.05) is 44.7 Å². The molecule has 0 aromatic carbocycles. The first-order chi connectivity index (χ1) is 13.2. The topological polar surface area (TPSA) is 108 Å². The maximum Gasteiger partial charge on any atom is 0.343 e. The van der Waals surface area contributed by atoms with E-state index in [0.717, 1.165) is 51.4 Å². The molecule has 0 spiro atoms. The number of ether oxygens (including phenoxy) is 1. The molecule has 4 heterocycles. The van der Waals surface area contributed by atoms with Gasteiger partial charge in [0.15, 0.2) is 5.13 Å². The average molecular weight is 393 g/mol. The lowest BCUT2D eigenvalue weighted by Gasteiger charge is -2.31. The number of rotatable bonds is 4. The second-order valence-corrected chi connectivity index (χ2v) is 7.61. The standard InChI is InChI=1S/C16H23N7O3S/c24-15(22-3-1-13(2-4-22)23-11-17-20-16(23)25)19-14-18-12(10-27-14)9-21-5-7-26-8-6-21/h10-11,13H,1-9H2,(H,20,25)(H,18,19,24). The van der Waals surface area contributed by atoms with Crippen molar-refractivity contribution in [3.8, 4) is 0 Å². The molecule has 2 fully saturated rings. The van der Waals surface area contributed by atoms with Gasteiger partial charge in [0.1, 0.15) is 6.33 Å². The highest BCUT2D eigenvalue weighted by atomic mass is 32.1. The summed E-state index contributed by atoms with van der Waals surface area (Å²) in [5.41, 5.74) is 0.767. The number of aromatic nitrogens is 4. The van der Waals surface area contributed by atoms with Crippen LogP contribution in [0.3, 0.4) is 0 Å². The van der Waals surface area contributed by atoms with Gasteiger partial charge in [0.25, 0.3) is 0 Å². The second kappa shape index (κ2) is 8.19. The molecule has 11 heteroatoms. The van der Waals surface area contributed by atoms with Gasteiger partial charge in [-0.2, -0.15) is 5.10 Å². The van der Waals surface area contributed by atoms with Crippen LogP contribution in [0.15, 0.2) is 16.5 Å². The molecule has 0 atom stereocenters. The van der Waals surface area contributed by atoms with Crippen molar-refractivity contribution in [3.05, 3.63) is 27.9 Å². The zero-order valence-electron chi connectivity index (χ0n) is 15.0. The molecular weight excluding hydrogens is 370 g/mol. The number of thiazole rings is 1. The molecule has 2 aliphatic heterocycles. The van der Waals surface area contributed by atoms with Gasteiger partial charge in [0.2, 0.25) is 0 Å². The van der Waals surface area contributed by atoms with Gasteiger partial charge in [-0.15, -0.1) is 11.3 Å². The Kier molecular flexibility index (Phi) is 5.50. The van der Waals surface area contributed by atoms with E-state index in [2.05, 4.69) is 25.4 Å². The van der Waals surface area contributed by atoms with Crippen molar-refractivity contribution in [1.82, 2.24) is 29.5 Å². The summed E-state index contributed by atoms with van der Waals surface area (Å²) < 4.78 is 6.96. The van der Waals surface area contributed by atoms with Crippen LogP contribution in [-0.4, -0.2) is 75.0 Å².